The number of carbonyl (C=O) groups is 1. The second-order valence-corrected chi connectivity index (χ2v) is 4.51. The molecule has 0 atom stereocenters. The van der Waals surface area contributed by atoms with Crippen LogP contribution in [0.2, 0.25) is 0 Å². The standard InChI is InChI=1S/C15H16F2N2O2/c1-3-19-5-4-10(9-19)8-18-14-6-11(15(20)21-2)12(16)7-13(14)17/h4-7,9,18H,3,8H2,1-2H3. The summed E-state index contributed by atoms with van der Waals surface area (Å²) in [6.45, 7) is 3.23. The van der Waals surface area contributed by atoms with Crippen molar-refractivity contribution in [2.24, 2.45) is 0 Å². The van der Waals surface area contributed by atoms with Crippen LogP contribution >= 0.6 is 0 Å². The Bertz CT molecular complexity index is 653. The molecule has 1 heterocycles. The van der Waals surface area contributed by atoms with Crippen LogP contribution in [0, 0.1) is 11.6 Å². The van der Waals surface area contributed by atoms with Crippen molar-refractivity contribution in [2.75, 3.05) is 12.4 Å². The molecule has 0 fully saturated rings. The van der Waals surface area contributed by atoms with Crippen molar-refractivity contribution in [3.05, 3.63) is 53.4 Å². The van der Waals surface area contributed by atoms with E-state index in [2.05, 4.69) is 10.1 Å². The summed E-state index contributed by atoms with van der Waals surface area (Å²) in [5, 5.41) is 2.85. The summed E-state index contributed by atoms with van der Waals surface area (Å²) in [7, 11) is 1.14. The van der Waals surface area contributed by atoms with E-state index >= 15 is 0 Å². The molecule has 6 heteroatoms. The van der Waals surface area contributed by atoms with Crippen LogP contribution in [0.1, 0.15) is 22.8 Å². The third kappa shape index (κ3) is 3.39. The molecule has 0 aliphatic carbocycles. The van der Waals surface area contributed by atoms with Gasteiger partial charge in [0.2, 0.25) is 0 Å². The van der Waals surface area contributed by atoms with E-state index in [0.717, 1.165) is 25.3 Å². The minimum Gasteiger partial charge on any atom is -0.465 e. The van der Waals surface area contributed by atoms with Crippen LogP contribution in [0.4, 0.5) is 14.5 Å². The Balaban J connectivity index is 2.17. The van der Waals surface area contributed by atoms with Crippen molar-refractivity contribution in [1.82, 2.24) is 4.57 Å². The zero-order valence-corrected chi connectivity index (χ0v) is 11.8. The van der Waals surface area contributed by atoms with Gasteiger partial charge in [0, 0.05) is 31.5 Å². The van der Waals surface area contributed by atoms with Crippen LogP contribution in [0.25, 0.3) is 0 Å². The van der Waals surface area contributed by atoms with Crippen LogP contribution < -0.4 is 5.32 Å². The Morgan fingerprint density at radius 3 is 2.71 bits per heavy atom. The maximum Gasteiger partial charge on any atom is 0.340 e. The van der Waals surface area contributed by atoms with Crippen molar-refractivity contribution in [3.63, 3.8) is 0 Å². The van der Waals surface area contributed by atoms with Gasteiger partial charge >= 0.3 is 5.97 Å². The van der Waals surface area contributed by atoms with Crippen LogP contribution in [0.15, 0.2) is 30.6 Å². The second-order valence-electron chi connectivity index (χ2n) is 4.51. The number of aromatic nitrogens is 1. The molecule has 0 bridgehead atoms. The van der Waals surface area contributed by atoms with Crippen LogP contribution in [0.5, 0.6) is 0 Å². The number of hydrogen-bond donors (Lipinski definition) is 1. The van der Waals surface area contributed by atoms with E-state index in [0.29, 0.717) is 12.6 Å². The highest BCUT2D eigenvalue weighted by Gasteiger charge is 2.16. The number of benzene rings is 1. The summed E-state index contributed by atoms with van der Waals surface area (Å²) >= 11 is 0. The quantitative estimate of drug-likeness (QED) is 0.861. The van der Waals surface area contributed by atoms with Gasteiger partial charge in [0.15, 0.2) is 0 Å². The molecule has 0 aliphatic rings. The Kier molecular flexibility index (Phi) is 4.57. The molecule has 1 N–H and O–H groups in total. The molecule has 21 heavy (non-hydrogen) atoms. The maximum atomic E-state index is 13.7. The Hall–Kier alpha value is -2.37. The maximum absolute atomic E-state index is 13.7. The number of nitrogens with one attached hydrogen (secondary N) is 1. The predicted octanol–water partition coefficient (Wildman–Crippen LogP) is 3.18. The van der Waals surface area contributed by atoms with Gasteiger partial charge in [0.1, 0.15) is 11.6 Å². The van der Waals surface area contributed by atoms with Crippen LogP contribution in [-0.2, 0) is 17.8 Å². The molecule has 0 amide bonds. The van der Waals surface area contributed by atoms with Crippen LogP contribution in [-0.4, -0.2) is 17.6 Å². The smallest absolute Gasteiger partial charge is 0.340 e. The molecule has 4 nitrogen and oxygen atoms in total. The zero-order chi connectivity index (χ0) is 15.4. The number of anilines is 1. The minimum absolute atomic E-state index is 0.0565. The lowest BCUT2D eigenvalue weighted by Crippen LogP contribution is -2.08. The number of methoxy groups -OCH3 is 1. The number of ether oxygens (including phenoxy) is 1. The molecular weight excluding hydrogens is 278 g/mol. The molecule has 0 unspecified atom stereocenters. The van der Waals surface area contributed by atoms with Gasteiger partial charge in [-0.1, -0.05) is 0 Å². The average molecular weight is 294 g/mol. The summed E-state index contributed by atoms with van der Waals surface area (Å²) in [6.07, 6.45) is 3.84. The molecule has 0 aliphatic heterocycles. The van der Waals surface area contributed by atoms with Crippen molar-refractivity contribution in [3.8, 4) is 0 Å². The Morgan fingerprint density at radius 1 is 1.33 bits per heavy atom. The first kappa shape index (κ1) is 15.0. The molecule has 1 aromatic heterocycles. The molecule has 0 spiro atoms. The van der Waals surface area contributed by atoms with E-state index in [-0.39, 0.29) is 11.3 Å². The van der Waals surface area contributed by atoms with Gasteiger partial charge < -0.3 is 14.6 Å². The lowest BCUT2D eigenvalue weighted by molar-refractivity contribution is 0.0595. The van der Waals surface area contributed by atoms with Gasteiger partial charge in [-0.05, 0) is 24.6 Å². The summed E-state index contributed by atoms with van der Waals surface area (Å²) in [5.41, 5.74) is 0.716. The number of halogens is 2. The van der Waals surface area contributed by atoms with E-state index < -0.39 is 17.6 Å². The van der Waals surface area contributed by atoms with E-state index in [9.17, 15) is 13.6 Å². The first-order valence-corrected chi connectivity index (χ1v) is 6.51. The molecule has 1 aromatic carbocycles. The molecule has 0 radical (unpaired) electrons. The van der Waals surface area contributed by atoms with E-state index in [4.69, 9.17) is 0 Å². The molecule has 112 valence electrons. The van der Waals surface area contributed by atoms with Crippen molar-refractivity contribution in [1.29, 1.82) is 0 Å². The second kappa shape index (κ2) is 6.39. The SMILES string of the molecule is CCn1ccc(CNc2cc(C(=O)OC)c(F)cc2F)c1. The van der Waals surface area contributed by atoms with E-state index in [1.807, 2.05) is 30.0 Å². The number of rotatable bonds is 5. The molecular formula is C15H16F2N2O2. The summed E-state index contributed by atoms with van der Waals surface area (Å²) < 4.78 is 33.7. The molecule has 0 saturated carbocycles. The summed E-state index contributed by atoms with van der Waals surface area (Å²) in [5.74, 6) is -2.54. The Morgan fingerprint density at radius 2 is 2.10 bits per heavy atom. The van der Waals surface area contributed by atoms with Gasteiger partial charge in [-0.2, -0.15) is 0 Å². The fourth-order valence-corrected chi connectivity index (χ4v) is 1.94. The first-order valence-electron chi connectivity index (χ1n) is 6.51. The topological polar surface area (TPSA) is 43.3 Å². The van der Waals surface area contributed by atoms with E-state index in [1.165, 1.54) is 0 Å². The summed E-state index contributed by atoms with van der Waals surface area (Å²) in [4.78, 5) is 11.4. The Labute approximate surface area is 121 Å². The molecule has 2 aromatic rings. The predicted molar refractivity (Wildman–Crippen MR) is 75.1 cm³/mol. The third-order valence-electron chi connectivity index (χ3n) is 3.12. The van der Waals surface area contributed by atoms with Gasteiger partial charge in [0.05, 0.1) is 18.4 Å². The number of nitrogens with zero attached hydrogens (tertiary/aromatic N) is 1. The van der Waals surface area contributed by atoms with Crippen molar-refractivity contribution < 1.29 is 18.3 Å². The monoisotopic (exact) mass is 294 g/mol. The highest BCUT2D eigenvalue weighted by molar-refractivity contribution is 5.90. The highest BCUT2D eigenvalue weighted by Crippen LogP contribution is 2.21. The third-order valence-corrected chi connectivity index (χ3v) is 3.12. The number of aryl methyl sites for hydroxylation is 1. The fraction of sp³-hybridized carbons (Fsp3) is 0.267. The largest absolute Gasteiger partial charge is 0.465 e. The van der Waals surface area contributed by atoms with Gasteiger partial charge in [-0.15, -0.1) is 0 Å². The fourth-order valence-electron chi connectivity index (χ4n) is 1.94. The highest BCUT2D eigenvalue weighted by atomic mass is 19.1. The van der Waals surface area contributed by atoms with Crippen molar-refractivity contribution in [2.45, 2.75) is 20.0 Å². The van der Waals surface area contributed by atoms with Gasteiger partial charge in [0.25, 0.3) is 0 Å². The first-order chi connectivity index (χ1) is 10.0. The number of hydrogen-bond acceptors (Lipinski definition) is 3. The molecule has 0 saturated heterocycles. The lowest BCUT2D eigenvalue weighted by Gasteiger charge is -2.09. The number of carbonyl (C=O) groups excluding carboxylic acids is 1. The zero-order valence-electron chi connectivity index (χ0n) is 11.8. The van der Waals surface area contributed by atoms with Gasteiger partial charge in [-0.3, -0.25) is 0 Å². The van der Waals surface area contributed by atoms with E-state index in [1.54, 1.807) is 0 Å². The summed E-state index contributed by atoms with van der Waals surface area (Å²) in [6, 6.07) is 3.69. The number of esters is 1. The van der Waals surface area contributed by atoms with Gasteiger partial charge in [-0.25, -0.2) is 13.6 Å². The average Bonchev–Trinajstić information content (AvgIpc) is 2.93. The normalized spacial score (nSPS) is 10.5. The van der Waals surface area contributed by atoms with Crippen LogP contribution in [0.3, 0.4) is 0 Å². The minimum atomic E-state index is -0.943. The van der Waals surface area contributed by atoms with Crippen molar-refractivity contribution >= 4 is 11.7 Å². The molecule has 2 rings (SSSR count). The lowest BCUT2D eigenvalue weighted by atomic mass is 10.1.